The van der Waals surface area contributed by atoms with Crippen LogP contribution < -0.4 is 15.4 Å². The van der Waals surface area contributed by atoms with Crippen molar-refractivity contribution < 1.29 is 4.74 Å². The Bertz CT molecular complexity index is 640. The SMILES string of the molecule is C=CCOc1ccc(NC(=S)N[C@@H](C)CCc2ccccc2)cc1. The Morgan fingerprint density at radius 3 is 2.54 bits per heavy atom. The Labute approximate surface area is 149 Å². The maximum absolute atomic E-state index is 5.46. The molecule has 0 radical (unpaired) electrons. The second-order valence-electron chi connectivity index (χ2n) is 5.65. The molecule has 0 aliphatic carbocycles. The molecule has 24 heavy (non-hydrogen) atoms. The Hall–Kier alpha value is -2.33. The fourth-order valence-corrected chi connectivity index (χ4v) is 2.60. The quantitative estimate of drug-likeness (QED) is 0.545. The summed E-state index contributed by atoms with van der Waals surface area (Å²) in [6, 6.07) is 18.5. The molecule has 0 aliphatic rings. The minimum Gasteiger partial charge on any atom is -0.490 e. The first-order valence-corrected chi connectivity index (χ1v) is 8.53. The summed E-state index contributed by atoms with van der Waals surface area (Å²) in [7, 11) is 0. The Balaban J connectivity index is 1.74. The molecule has 0 aromatic heterocycles. The number of aryl methyl sites for hydroxylation is 1. The maximum atomic E-state index is 5.46. The zero-order chi connectivity index (χ0) is 17.2. The highest BCUT2D eigenvalue weighted by molar-refractivity contribution is 7.80. The molecule has 0 heterocycles. The molecule has 2 N–H and O–H groups in total. The molecule has 0 spiro atoms. The first kappa shape index (κ1) is 18.0. The molecule has 0 bridgehead atoms. The van der Waals surface area contributed by atoms with Crippen LogP contribution in [0.3, 0.4) is 0 Å². The van der Waals surface area contributed by atoms with Crippen LogP contribution in [-0.2, 0) is 6.42 Å². The van der Waals surface area contributed by atoms with E-state index >= 15 is 0 Å². The van der Waals surface area contributed by atoms with Gasteiger partial charge in [0.2, 0.25) is 0 Å². The van der Waals surface area contributed by atoms with Crippen LogP contribution in [0.25, 0.3) is 0 Å². The summed E-state index contributed by atoms with van der Waals surface area (Å²) < 4.78 is 5.46. The van der Waals surface area contributed by atoms with Gasteiger partial charge in [-0.2, -0.15) is 0 Å². The zero-order valence-corrected chi connectivity index (χ0v) is 14.8. The second kappa shape index (κ2) is 9.73. The van der Waals surface area contributed by atoms with Crippen LogP contribution in [-0.4, -0.2) is 17.8 Å². The molecule has 3 nitrogen and oxygen atoms in total. The van der Waals surface area contributed by atoms with Crippen LogP contribution in [0.4, 0.5) is 5.69 Å². The lowest BCUT2D eigenvalue weighted by molar-refractivity contribution is 0.363. The third-order valence-electron chi connectivity index (χ3n) is 3.57. The normalized spacial score (nSPS) is 11.4. The number of ether oxygens (including phenoxy) is 1. The molecule has 0 saturated carbocycles. The van der Waals surface area contributed by atoms with Gasteiger partial charge < -0.3 is 15.4 Å². The largest absolute Gasteiger partial charge is 0.490 e. The molecule has 4 heteroatoms. The van der Waals surface area contributed by atoms with Gasteiger partial charge in [-0.05, 0) is 61.8 Å². The van der Waals surface area contributed by atoms with Crippen molar-refractivity contribution in [2.45, 2.75) is 25.8 Å². The number of anilines is 1. The predicted molar refractivity (Wildman–Crippen MR) is 106 cm³/mol. The molecule has 2 rings (SSSR count). The van der Waals surface area contributed by atoms with Crippen LogP contribution in [0.1, 0.15) is 18.9 Å². The minimum atomic E-state index is 0.306. The summed E-state index contributed by atoms with van der Waals surface area (Å²) in [5.74, 6) is 0.815. The van der Waals surface area contributed by atoms with Gasteiger partial charge in [-0.15, -0.1) is 0 Å². The highest BCUT2D eigenvalue weighted by atomic mass is 32.1. The summed E-state index contributed by atoms with van der Waals surface area (Å²) in [6.45, 7) is 6.28. The molecular formula is C20H24N2OS. The van der Waals surface area contributed by atoms with Gasteiger partial charge in [-0.25, -0.2) is 0 Å². The third kappa shape index (κ3) is 6.42. The lowest BCUT2D eigenvalue weighted by atomic mass is 10.1. The van der Waals surface area contributed by atoms with Gasteiger partial charge in [-0.3, -0.25) is 0 Å². The van der Waals surface area contributed by atoms with E-state index in [4.69, 9.17) is 17.0 Å². The molecule has 2 aromatic carbocycles. The van der Waals surface area contributed by atoms with Gasteiger partial charge in [0.25, 0.3) is 0 Å². The summed E-state index contributed by atoms with van der Waals surface area (Å²) >= 11 is 5.38. The molecule has 2 aromatic rings. The first-order valence-electron chi connectivity index (χ1n) is 8.12. The molecule has 0 aliphatic heterocycles. The summed E-state index contributed by atoms with van der Waals surface area (Å²) in [6.07, 6.45) is 3.79. The van der Waals surface area contributed by atoms with Crippen molar-refractivity contribution >= 4 is 23.0 Å². The van der Waals surface area contributed by atoms with Crippen LogP contribution in [0.5, 0.6) is 5.75 Å². The van der Waals surface area contributed by atoms with Crippen molar-refractivity contribution in [1.29, 1.82) is 0 Å². The van der Waals surface area contributed by atoms with Crippen molar-refractivity contribution in [3.63, 3.8) is 0 Å². The third-order valence-corrected chi connectivity index (χ3v) is 3.79. The molecular weight excluding hydrogens is 316 g/mol. The lowest BCUT2D eigenvalue weighted by Crippen LogP contribution is -2.36. The van der Waals surface area contributed by atoms with E-state index in [-0.39, 0.29) is 0 Å². The van der Waals surface area contributed by atoms with Gasteiger partial charge in [0, 0.05) is 11.7 Å². The number of benzene rings is 2. The molecule has 0 saturated heterocycles. The standard InChI is InChI=1S/C20H24N2OS/c1-3-15-23-19-13-11-18(12-14-19)22-20(24)21-16(2)9-10-17-7-5-4-6-8-17/h3-8,11-14,16H,1,9-10,15H2,2H3,(H2,21,22,24)/t16-/m0/s1. The van der Waals surface area contributed by atoms with Gasteiger partial charge in [0.1, 0.15) is 12.4 Å². The van der Waals surface area contributed by atoms with Gasteiger partial charge in [0.05, 0.1) is 0 Å². The maximum Gasteiger partial charge on any atom is 0.170 e. The van der Waals surface area contributed by atoms with Crippen molar-refractivity contribution in [2.75, 3.05) is 11.9 Å². The Morgan fingerprint density at radius 2 is 1.88 bits per heavy atom. The van der Waals surface area contributed by atoms with Crippen LogP contribution in [0, 0.1) is 0 Å². The topological polar surface area (TPSA) is 33.3 Å². The molecule has 0 amide bonds. The zero-order valence-electron chi connectivity index (χ0n) is 14.0. The van der Waals surface area contributed by atoms with E-state index in [9.17, 15) is 0 Å². The number of hydrogen-bond acceptors (Lipinski definition) is 2. The number of rotatable bonds is 8. The summed E-state index contributed by atoms with van der Waals surface area (Å²) in [5.41, 5.74) is 2.29. The molecule has 0 unspecified atom stereocenters. The molecule has 126 valence electrons. The van der Waals surface area contributed by atoms with E-state index in [0.717, 1.165) is 24.3 Å². The van der Waals surface area contributed by atoms with Crippen molar-refractivity contribution in [3.8, 4) is 5.75 Å². The average Bonchev–Trinajstić information content (AvgIpc) is 2.60. The van der Waals surface area contributed by atoms with E-state index in [2.05, 4.69) is 48.4 Å². The van der Waals surface area contributed by atoms with Crippen LogP contribution >= 0.6 is 12.2 Å². The number of hydrogen-bond donors (Lipinski definition) is 2. The molecule has 1 atom stereocenters. The second-order valence-corrected chi connectivity index (χ2v) is 6.06. The number of thiocarbonyl (C=S) groups is 1. The van der Waals surface area contributed by atoms with E-state index in [0.29, 0.717) is 17.8 Å². The van der Waals surface area contributed by atoms with Crippen LogP contribution in [0.2, 0.25) is 0 Å². The molecule has 0 fully saturated rings. The summed E-state index contributed by atoms with van der Waals surface area (Å²) in [5, 5.41) is 7.16. The van der Waals surface area contributed by atoms with Gasteiger partial charge in [0.15, 0.2) is 5.11 Å². The summed E-state index contributed by atoms with van der Waals surface area (Å²) in [4.78, 5) is 0. The fourth-order valence-electron chi connectivity index (χ4n) is 2.28. The van der Waals surface area contributed by atoms with Crippen molar-refractivity contribution in [3.05, 3.63) is 72.8 Å². The highest BCUT2D eigenvalue weighted by Crippen LogP contribution is 2.15. The Kier molecular flexibility index (Phi) is 7.30. The number of nitrogens with one attached hydrogen (secondary N) is 2. The lowest BCUT2D eigenvalue weighted by Gasteiger charge is -2.17. The smallest absolute Gasteiger partial charge is 0.170 e. The van der Waals surface area contributed by atoms with E-state index in [1.165, 1.54) is 5.56 Å². The minimum absolute atomic E-state index is 0.306. The van der Waals surface area contributed by atoms with Gasteiger partial charge >= 0.3 is 0 Å². The average molecular weight is 340 g/mol. The highest BCUT2D eigenvalue weighted by Gasteiger charge is 2.05. The van der Waals surface area contributed by atoms with E-state index in [1.807, 2.05) is 30.3 Å². The van der Waals surface area contributed by atoms with Crippen LogP contribution in [0.15, 0.2) is 67.3 Å². The van der Waals surface area contributed by atoms with Crippen molar-refractivity contribution in [1.82, 2.24) is 5.32 Å². The van der Waals surface area contributed by atoms with E-state index < -0.39 is 0 Å². The Morgan fingerprint density at radius 1 is 1.17 bits per heavy atom. The van der Waals surface area contributed by atoms with E-state index in [1.54, 1.807) is 6.08 Å². The fraction of sp³-hybridized carbons (Fsp3) is 0.250. The first-order chi connectivity index (χ1) is 11.7. The monoisotopic (exact) mass is 340 g/mol. The predicted octanol–water partition coefficient (Wildman–Crippen LogP) is 4.56. The van der Waals surface area contributed by atoms with Gasteiger partial charge in [-0.1, -0.05) is 43.0 Å². The van der Waals surface area contributed by atoms with Crippen molar-refractivity contribution in [2.24, 2.45) is 0 Å².